The summed E-state index contributed by atoms with van der Waals surface area (Å²) in [5, 5.41) is 3.71. The highest BCUT2D eigenvalue weighted by atomic mass is 35.5. The Balaban J connectivity index is 1.27. The molecule has 2 aliphatic rings. The predicted octanol–water partition coefficient (Wildman–Crippen LogP) is 4.22. The molecule has 2 N–H and O–H groups in total. The minimum absolute atomic E-state index is 0.0254. The van der Waals surface area contributed by atoms with Crippen LogP contribution in [0.1, 0.15) is 24.0 Å². The second-order valence-corrected chi connectivity index (χ2v) is 8.15. The van der Waals surface area contributed by atoms with Crippen LogP contribution < -0.4 is 10.8 Å². The predicted molar refractivity (Wildman–Crippen MR) is 120 cm³/mol. The van der Waals surface area contributed by atoms with Crippen LogP contribution in [0, 0.1) is 11.6 Å². The Morgan fingerprint density at radius 3 is 2.82 bits per heavy atom. The van der Waals surface area contributed by atoms with Crippen molar-refractivity contribution >= 4 is 29.4 Å². The van der Waals surface area contributed by atoms with E-state index in [1.807, 2.05) is 0 Å². The molecule has 34 heavy (non-hydrogen) atoms. The van der Waals surface area contributed by atoms with Crippen molar-refractivity contribution in [2.24, 2.45) is 0 Å². The fourth-order valence-electron chi connectivity index (χ4n) is 3.87. The lowest BCUT2D eigenvalue weighted by molar-refractivity contribution is -0.0628. The Labute approximate surface area is 200 Å². The highest BCUT2D eigenvalue weighted by Crippen LogP contribution is 2.25. The van der Waals surface area contributed by atoms with Gasteiger partial charge in [0.15, 0.2) is 0 Å². The van der Waals surface area contributed by atoms with Gasteiger partial charge in [-0.15, -0.1) is 0 Å². The molecule has 0 saturated carbocycles. The first-order valence-corrected chi connectivity index (χ1v) is 11.1. The molecule has 2 heterocycles. The molecule has 180 valence electrons. The molecule has 1 saturated heterocycles. The van der Waals surface area contributed by atoms with Gasteiger partial charge in [0.25, 0.3) is 0 Å². The second kappa shape index (κ2) is 10.8. The first-order chi connectivity index (χ1) is 16.4. The van der Waals surface area contributed by atoms with Crippen molar-refractivity contribution in [3.63, 3.8) is 0 Å². The standard InChI is InChI=1S/C23H23ClF2N4O4/c24-21-16(5-2-8-19(21)26)13-27-22(31)29-10-3-7-18(29)14-33-28-23(32)30-20(9-11-34-30)15-4-1-6-17(25)12-15/h1-2,4-6,8-9,12,18H,3,7,10-11,13-14H2,(H,27,31)(H,28,32). The summed E-state index contributed by atoms with van der Waals surface area (Å²) in [5.74, 6) is -0.977. The fraction of sp³-hybridized carbons (Fsp3) is 0.304. The number of hydrogen-bond acceptors (Lipinski definition) is 4. The largest absolute Gasteiger partial charge is 0.370 e. The van der Waals surface area contributed by atoms with E-state index >= 15 is 0 Å². The van der Waals surface area contributed by atoms with Gasteiger partial charge in [-0.3, -0.25) is 9.68 Å². The quantitative estimate of drug-likeness (QED) is 0.591. The van der Waals surface area contributed by atoms with Gasteiger partial charge >= 0.3 is 12.1 Å². The van der Waals surface area contributed by atoms with Crippen LogP contribution in [0.25, 0.3) is 5.70 Å². The molecule has 0 radical (unpaired) electrons. The lowest BCUT2D eigenvalue weighted by atomic mass is 10.1. The number of likely N-dealkylation sites (tertiary alicyclic amines) is 1. The van der Waals surface area contributed by atoms with Gasteiger partial charge in [0, 0.05) is 18.7 Å². The summed E-state index contributed by atoms with van der Waals surface area (Å²) in [5.41, 5.74) is 3.67. The van der Waals surface area contributed by atoms with Crippen molar-refractivity contribution in [3.05, 3.63) is 76.3 Å². The molecule has 2 aromatic rings. The third kappa shape index (κ3) is 5.46. The zero-order valence-corrected chi connectivity index (χ0v) is 18.9. The van der Waals surface area contributed by atoms with Gasteiger partial charge < -0.3 is 10.2 Å². The molecule has 4 rings (SSSR count). The Morgan fingerprint density at radius 1 is 1.18 bits per heavy atom. The summed E-state index contributed by atoms with van der Waals surface area (Å²) in [4.78, 5) is 37.4. The van der Waals surface area contributed by atoms with E-state index in [9.17, 15) is 18.4 Å². The highest BCUT2D eigenvalue weighted by molar-refractivity contribution is 6.31. The molecule has 0 aromatic heterocycles. The maximum absolute atomic E-state index is 13.6. The number of benzene rings is 2. The molecular weight excluding hydrogens is 470 g/mol. The van der Waals surface area contributed by atoms with Crippen LogP contribution in [0.3, 0.4) is 0 Å². The Kier molecular flexibility index (Phi) is 7.61. The molecule has 0 spiro atoms. The summed E-state index contributed by atoms with van der Waals surface area (Å²) < 4.78 is 27.1. The Bertz CT molecular complexity index is 1100. The minimum Gasteiger partial charge on any atom is -0.334 e. The van der Waals surface area contributed by atoms with Crippen molar-refractivity contribution in [1.82, 2.24) is 20.8 Å². The van der Waals surface area contributed by atoms with Crippen molar-refractivity contribution in [1.29, 1.82) is 0 Å². The molecule has 1 fully saturated rings. The van der Waals surface area contributed by atoms with E-state index in [1.54, 1.807) is 29.2 Å². The van der Waals surface area contributed by atoms with E-state index in [2.05, 4.69) is 10.8 Å². The molecule has 4 amide bonds. The normalized spacial score (nSPS) is 17.6. The van der Waals surface area contributed by atoms with E-state index in [-0.39, 0.29) is 36.9 Å². The lowest BCUT2D eigenvalue weighted by Crippen LogP contribution is -2.46. The molecule has 0 aliphatic carbocycles. The van der Waals surface area contributed by atoms with Crippen LogP contribution in [-0.2, 0) is 16.2 Å². The van der Waals surface area contributed by atoms with Crippen LogP contribution in [-0.4, -0.2) is 47.8 Å². The monoisotopic (exact) mass is 492 g/mol. The Morgan fingerprint density at radius 2 is 2.00 bits per heavy atom. The van der Waals surface area contributed by atoms with Crippen molar-refractivity contribution in [2.75, 3.05) is 19.8 Å². The second-order valence-electron chi connectivity index (χ2n) is 7.77. The van der Waals surface area contributed by atoms with Crippen molar-refractivity contribution < 1.29 is 28.0 Å². The average molecular weight is 493 g/mol. The van der Waals surface area contributed by atoms with Gasteiger partial charge in [-0.1, -0.05) is 35.9 Å². The smallest absolute Gasteiger partial charge is 0.334 e. The number of carbonyl (C=O) groups excluding carboxylic acids is 2. The van der Waals surface area contributed by atoms with E-state index in [0.717, 1.165) is 11.5 Å². The zero-order chi connectivity index (χ0) is 24.1. The van der Waals surface area contributed by atoms with Gasteiger partial charge in [0.1, 0.15) is 11.6 Å². The number of carbonyl (C=O) groups is 2. The van der Waals surface area contributed by atoms with Gasteiger partial charge in [-0.05, 0) is 42.7 Å². The maximum Gasteiger partial charge on any atom is 0.370 e. The molecule has 11 heteroatoms. The van der Waals surface area contributed by atoms with E-state index in [0.29, 0.717) is 29.8 Å². The fourth-order valence-corrected chi connectivity index (χ4v) is 4.06. The number of nitrogens with zero attached hydrogens (tertiary/aromatic N) is 2. The van der Waals surface area contributed by atoms with Gasteiger partial charge in [-0.2, -0.15) is 5.06 Å². The number of hydroxylamine groups is 3. The third-order valence-electron chi connectivity index (χ3n) is 5.54. The van der Waals surface area contributed by atoms with Crippen LogP contribution in [0.2, 0.25) is 5.02 Å². The molecule has 2 aromatic carbocycles. The van der Waals surface area contributed by atoms with E-state index < -0.39 is 17.7 Å². The molecule has 1 atom stereocenters. The summed E-state index contributed by atoms with van der Waals surface area (Å²) in [7, 11) is 0. The average Bonchev–Trinajstić information content (AvgIpc) is 3.50. The SMILES string of the molecule is O=C(NOCC1CCCN1C(=O)NCc1cccc(F)c1Cl)N1OCC=C1c1cccc(F)c1. The van der Waals surface area contributed by atoms with Gasteiger partial charge in [0.2, 0.25) is 0 Å². The van der Waals surface area contributed by atoms with Crippen LogP contribution >= 0.6 is 11.6 Å². The maximum atomic E-state index is 13.6. The molecule has 1 unspecified atom stereocenters. The molecule has 8 nitrogen and oxygen atoms in total. The minimum atomic E-state index is -0.678. The summed E-state index contributed by atoms with van der Waals surface area (Å²) in [6.45, 7) is 0.821. The summed E-state index contributed by atoms with van der Waals surface area (Å²) in [6.07, 6.45) is 3.12. The lowest BCUT2D eigenvalue weighted by Gasteiger charge is -2.25. The van der Waals surface area contributed by atoms with E-state index in [4.69, 9.17) is 21.3 Å². The number of hydrogen-bond donors (Lipinski definition) is 2. The van der Waals surface area contributed by atoms with Gasteiger partial charge in [-0.25, -0.2) is 23.9 Å². The van der Waals surface area contributed by atoms with Gasteiger partial charge in [0.05, 0.1) is 30.0 Å². The first-order valence-electron chi connectivity index (χ1n) is 10.7. The van der Waals surface area contributed by atoms with Crippen LogP contribution in [0.5, 0.6) is 0 Å². The highest BCUT2D eigenvalue weighted by Gasteiger charge is 2.30. The summed E-state index contributed by atoms with van der Waals surface area (Å²) in [6, 6.07) is 8.95. The number of rotatable bonds is 6. The first kappa shape index (κ1) is 23.9. The van der Waals surface area contributed by atoms with Crippen LogP contribution in [0.4, 0.5) is 18.4 Å². The van der Waals surface area contributed by atoms with Crippen LogP contribution in [0.15, 0.2) is 48.5 Å². The third-order valence-corrected chi connectivity index (χ3v) is 5.96. The van der Waals surface area contributed by atoms with Crippen molar-refractivity contribution in [3.8, 4) is 0 Å². The van der Waals surface area contributed by atoms with Crippen molar-refractivity contribution in [2.45, 2.75) is 25.4 Å². The number of urea groups is 2. The summed E-state index contributed by atoms with van der Waals surface area (Å²) >= 11 is 5.94. The molecule has 0 bridgehead atoms. The number of amides is 4. The molecule has 2 aliphatic heterocycles. The number of nitrogens with one attached hydrogen (secondary N) is 2. The van der Waals surface area contributed by atoms with E-state index in [1.165, 1.54) is 24.3 Å². The molecular formula is C23H23ClF2N4O4. The topological polar surface area (TPSA) is 83.1 Å². The Hall–Kier alpha value is -3.21. The zero-order valence-electron chi connectivity index (χ0n) is 18.1. The number of halogens is 3.